The summed E-state index contributed by atoms with van der Waals surface area (Å²) in [4.78, 5) is 16.7. The molecule has 0 spiro atoms. The molecule has 2 heterocycles. The summed E-state index contributed by atoms with van der Waals surface area (Å²) in [7, 11) is 0. The fourth-order valence-electron chi connectivity index (χ4n) is 2.10. The van der Waals surface area contributed by atoms with E-state index in [2.05, 4.69) is 33.6 Å². The Hall–Kier alpha value is -0.350. The van der Waals surface area contributed by atoms with E-state index >= 15 is 0 Å². The molecule has 19 heavy (non-hydrogen) atoms. The van der Waals surface area contributed by atoms with Crippen LogP contribution in [0.25, 0.3) is 0 Å². The van der Waals surface area contributed by atoms with Gasteiger partial charge in [0.2, 0.25) is 0 Å². The quantitative estimate of drug-likeness (QED) is 0.401. The van der Waals surface area contributed by atoms with Crippen LogP contribution in [-0.4, -0.2) is 61.7 Å². The molecule has 0 bridgehead atoms. The van der Waals surface area contributed by atoms with E-state index in [9.17, 15) is 9.90 Å². The van der Waals surface area contributed by atoms with Gasteiger partial charge in [-0.25, -0.2) is 4.79 Å². The number of rotatable bonds is 2. The third-order valence-corrected chi connectivity index (χ3v) is 4.74. The summed E-state index contributed by atoms with van der Waals surface area (Å²) in [5, 5.41) is 19.2. The highest BCUT2D eigenvalue weighted by atomic mass is 79.9. The predicted octanol–water partition coefficient (Wildman–Crippen LogP) is -0.343. The summed E-state index contributed by atoms with van der Waals surface area (Å²) >= 11 is 7.55. The largest absolute Gasteiger partial charge is 0.394 e. The first-order valence-electron chi connectivity index (χ1n) is 5.77. The summed E-state index contributed by atoms with van der Waals surface area (Å²) in [6.45, 7) is 1.42. The van der Waals surface area contributed by atoms with Crippen molar-refractivity contribution in [3.05, 3.63) is 0 Å². The fraction of sp³-hybridized carbons (Fsp3) is 0.800. The van der Waals surface area contributed by atoms with Gasteiger partial charge in [-0.3, -0.25) is 4.90 Å². The van der Waals surface area contributed by atoms with Gasteiger partial charge in [0.1, 0.15) is 16.4 Å². The van der Waals surface area contributed by atoms with Crippen LogP contribution in [0.3, 0.4) is 0 Å². The van der Waals surface area contributed by atoms with Crippen LogP contribution in [0.5, 0.6) is 0 Å². The standard InChI is InChI=1S/C10H16BrN3O4S/c1-10(11)7(12)13-9(17)14(8(10)16)6-2-5(19)4(3-15)18-6/h4-6,8,15-16,19H,2-3H2,1H3,(H2,12,13,17)/t4-,5+,6-,8+,10-/m1/s1. The third kappa shape index (κ3) is 2.49. The van der Waals surface area contributed by atoms with Crippen molar-refractivity contribution in [1.82, 2.24) is 4.90 Å². The number of thiol groups is 1. The van der Waals surface area contributed by atoms with Crippen molar-refractivity contribution >= 4 is 40.4 Å². The number of aliphatic hydroxyl groups excluding tert-OH is 2. The second-order valence-electron chi connectivity index (χ2n) is 4.75. The second-order valence-corrected chi connectivity index (χ2v) is 7.06. The number of nitrogens with two attached hydrogens (primary N) is 1. The number of hydrogen-bond donors (Lipinski definition) is 4. The highest BCUT2D eigenvalue weighted by molar-refractivity contribution is 9.10. The summed E-state index contributed by atoms with van der Waals surface area (Å²) < 4.78 is 4.49. The Kier molecular flexibility index (Phi) is 4.12. The highest BCUT2D eigenvalue weighted by Gasteiger charge is 2.50. The number of aliphatic imine (C=N–C) groups is 1. The Morgan fingerprint density at radius 3 is 2.89 bits per heavy atom. The number of carbonyl (C=O) groups excluding carboxylic acids is 1. The van der Waals surface area contributed by atoms with Gasteiger partial charge in [0.25, 0.3) is 0 Å². The van der Waals surface area contributed by atoms with Crippen LogP contribution in [0.1, 0.15) is 13.3 Å². The topological polar surface area (TPSA) is 108 Å². The lowest BCUT2D eigenvalue weighted by Crippen LogP contribution is -2.62. The molecule has 2 aliphatic heterocycles. The summed E-state index contributed by atoms with van der Waals surface area (Å²) in [5.74, 6) is 0.0142. The molecule has 4 N–H and O–H groups in total. The lowest BCUT2D eigenvalue weighted by molar-refractivity contribution is -0.109. The van der Waals surface area contributed by atoms with E-state index in [1.807, 2.05) is 0 Å². The molecule has 2 amide bonds. The number of alkyl halides is 1. The van der Waals surface area contributed by atoms with Crippen LogP contribution in [0.15, 0.2) is 4.99 Å². The minimum atomic E-state index is -1.21. The number of amidine groups is 1. The highest BCUT2D eigenvalue weighted by Crippen LogP contribution is 2.35. The molecule has 1 saturated heterocycles. The molecule has 9 heteroatoms. The van der Waals surface area contributed by atoms with Gasteiger partial charge in [-0.1, -0.05) is 15.9 Å². The number of amides is 2. The maximum Gasteiger partial charge on any atom is 0.349 e. The van der Waals surface area contributed by atoms with E-state index in [1.165, 1.54) is 0 Å². The first kappa shape index (κ1) is 15.0. The molecule has 0 unspecified atom stereocenters. The molecular formula is C10H16BrN3O4S. The SMILES string of the molecule is C[C@@]1(Br)C(N)=NC(=O)N([C@H]2C[C@H](S)[C@@H](CO)O2)[C@H]1O. The molecule has 7 nitrogen and oxygen atoms in total. The smallest absolute Gasteiger partial charge is 0.349 e. The first-order chi connectivity index (χ1) is 8.78. The van der Waals surface area contributed by atoms with Crippen molar-refractivity contribution in [3.63, 3.8) is 0 Å². The minimum absolute atomic E-state index is 0.0142. The Bertz CT molecular complexity index is 420. The molecule has 1 fully saturated rings. The van der Waals surface area contributed by atoms with Crippen LogP contribution in [-0.2, 0) is 4.74 Å². The average Bonchev–Trinajstić information content (AvgIpc) is 2.68. The number of urea groups is 1. The molecule has 0 aliphatic carbocycles. The Balaban J connectivity index is 2.24. The van der Waals surface area contributed by atoms with Crippen molar-refractivity contribution in [2.45, 2.75) is 41.5 Å². The van der Waals surface area contributed by atoms with Crippen LogP contribution in [0.4, 0.5) is 4.79 Å². The van der Waals surface area contributed by atoms with E-state index in [1.54, 1.807) is 6.92 Å². The van der Waals surface area contributed by atoms with Crippen LogP contribution in [0, 0.1) is 0 Å². The number of aliphatic hydroxyl groups is 2. The van der Waals surface area contributed by atoms with Crippen LogP contribution >= 0.6 is 28.6 Å². The summed E-state index contributed by atoms with van der Waals surface area (Å²) in [5.41, 5.74) is 5.63. The summed E-state index contributed by atoms with van der Waals surface area (Å²) in [6, 6.07) is -0.661. The zero-order chi connectivity index (χ0) is 14.4. The van der Waals surface area contributed by atoms with E-state index in [-0.39, 0.29) is 17.7 Å². The molecule has 0 aromatic heterocycles. The van der Waals surface area contributed by atoms with E-state index < -0.39 is 28.9 Å². The van der Waals surface area contributed by atoms with Gasteiger partial charge in [-0.15, -0.1) is 0 Å². The second kappa shape index (κ2) is 5.21. The number of ether oxygens (including phenoxy) is 1. The van der Waals surface area contributed by atoms with Gasteiger partial charge < -0.3 is 20.7 Å². The molecule has 0 aromatic rings. The van der Waals surface area contributed by atoms with Crippen molar-refractivity contribution < 1.29 is 19.7 Å². The Morgan fingerprint density at radius 2 is 2.37 bits per heavy atom. The minimum Gasteiger partial charge on any atom is -0.394 e. The molecular weight excluding hydrogens is 338 g/mol. The van der Waals surface area contributed by atoms with Gasteiger partial charge in [0.05, 0.1) is 12.7 Å². The average molecular weight is 354 g/mol. The fourth-order valence-corrected chi connectivity index (χ4v) is 2.75. The maximum atomic E-state index is 11.9. The number of carbonyl (C=O) groups is 1. The third-order valence-electron chi connectivity index (χ3n) is 3.38. The number of nitrogens with zero attached hydrogens (tertiary/aromatic N) is 2. The first-order valence-corrected chi connectivity index (χ1v) is 7.08. The zero-order valence-corrected chi connectivity index (χ0v) is 12.7. The van der Waals surface area contributed by atoms with Crippen molar-refractivity contribution in [1.29, 1.82) is 0 Å². The maximum absolute atomic E-state index is 11.9. The molecule has 2 aliphatic rings. The molecule has 0 saturated carbocycles. The molecule has 5 atom stereocenters. The Labute approximate surface area is 124 Å². The molecule has 2 rings (SSSR count). The monoisotopic (exact) mass is 353 g/mol. The van der Waals surface area contributed by atoms with E-state index in [4.69, 9.17) is 15.6 Å². The predicted molar refractivity (Wildman–Crippen MR) is 75.3 cm³/mol. The van der Waals surface area contributed by atoms with Crippen molar-refractivity contribution in [3.8, 4) is 0 Å². The van der Waals surface area contributed by atoms with Gasteiger partial charge >= 0.3 is 6.03 Å². The van der Waals surface area contributed by atoms with E-state index in [0.29, 0.717) is 6.42 Å². The van der Waals surface area contributed by atoms with Crippen LogP contribution < -0.4 is 5.73 Å². The van der Waals surface area contributed by atoms with Crippen molar-refractivity contribution in [2.75, 3.05) is 6.61 Å². The molecule has 0 radical (unpaired) electrons. The lowest BCUT2D eigenvalue weighted by Gasteiger charge is -2.41. The van der Waals surface area contributed by atoms with Crippen LogP contribution in [0.2, 0.25) is 0 Å². The number of hydrogen-bond acceptors (Lipinski definition) is 6. The van der Waals surface area contributed by atoms with Gasteiger partial charge in [-0.05, 0) is 6.92 Å². The van der Waals surface area contributed by atoms with Crippen molar-refractivity contribution in [2.24, 2.45) is 10.7 Å². The normalized spacial score (nSPS) is 43.5. The van der Waals surface area contributed by atoms with Gasteiger partial charge in [-0.2, -0.15) is 17.6 Å². The molecule has 0 aromatic carbocycles. The number of halogens is 1. The lowest BCUT2D eigenvalue weighted by atomic mass is 10.1. The van der Waals surface area contributed by atoms with E-state index in [0.717, 1.165) is 4.90 Å². The van der Waals surface area contributed by atoms with Gasteiger partial charge in [0, 0.05) is 11.7 Å². The Morgan fingerprint density at radius 1 is 1.74 bits per heavy atom. The summed E-state index contributed by atoms with van der Waals surface area (Å²) in [6.07, 6.45) is -1.97. The zero-order valence-electron chi connectivity index (χ0n) is 10.2. The van der Waals surface area contributed by atoms with Gasteiger partial charge in [0.15, 0.2) is 6.23 Å². The molecule has 108 valence electrons.